The summed E-state index contributed by atoms with van der Waals surface area (Å²) >= 11 is 0. The summed E-state index contributed by atoms with van der Waals surface area (Å²) in [6.07, 6.45) is 0. The molecule has 4 nitrogen and oxygen atoms in total. The minimum atomic E-state index is -1.31. The molecule has 2 rings (SSSR count). The van der Waals surface area contributed by atoms with Crippen LogP contribution in [0.1, 0.15) is 25.0 Å². The standard InChI is InChI=1S/C19H21FN2O2/c1-12-8-9-16(10-13(12)2)22-18(24)19(3,4)17(23)21-15-7-5-6-14(20)11-15/h5-11H,1-4H3,(H,21,23)(H,22,24). The minimum Gasteiger partial charge on any atom is -0.325 e. The fourth-order valence-electron chi connectivity index (χ4n) is 2.06. The summed E-state index contributed by atoms with van der Waals surface area (Å²) in [5.74, 6) is -1.39. The van der Waals surface area contributed by atoms with E-state index in [1.54, 1.807) is 12.1 Å². The second-order valence-corrected chi connectivity index (χ2v) is 6.34. The van der Waals surface area contributed by atoms with E-state index in [-0.39, 0.29) is 0 Å². The average Bonchev–Trinajstić information content (AvgIpc) is 2.50. The lowest BCUT2D eigenvalue weighted by Crippen LogP contribution is -2.41. The molecule has 0 atom stereocenters. The zero-order valence-corrected chi connectivity index (χ0v) is 14.2. The molecule has 5 heteroatoms. The van der Waals surface area contributed by atoms with Crippen LogP contribution in [0.25, 0.3) is 0 Å². The van der Waals surface area contributed by atoms with E-state index in [1.165, 1.54) is 32.0 Å². The summed E-state index contributed by atoms with van der Waals surface area (Å²) in [4.78, 5) is 24.9. The van der Waals surface area contributed by atoms with Crippen molar-refractivity contribution in [2.75, 3.05) is 10.6 Å². The summed E-state index contributed by atoms with van der Waals surface area (Å²) < 4.78 is 13.2. The van der Waals surface area contributed by atoms with E-state index >= 15 is 0 Å². The Hall–Kier alpha value is -2.69. The van der Waals surface area contributed by atoms with Gasteiger partial charge in [0.05, 0.1) is 0 Å². The number of nitrogens with one attached hydrogen (secondary N) is 2. The number of hydrogen-bond acceptors (Lipinski definition) is 2. The van der Waals surface area contributed by atoms with Crippen molar-refractivity contribution in [2.45, 2.75) is 27.7 Å². The lowest BCUT2D eigenvalue weighted by molar-refractivity contribution is -0.135. The molecule has 0 radical (unpaired) electrons. The molecule has 24 heavy (non-hydrogen) atoms. The number of amides is 2. The molecule has 0 spiro atoms. The average molecular weight is 328 g/mol. The van der Waals surface area contributed by atoms with Crippen LogP contribution in [0.4, 0.5) is 15.8 Å². The second-order valence-electron chi connectivity index (χ2n) is 6.34. The van der Waals surface area contributed by atoms with Gasteiger partial charge in [0.25, 0.3) is 0 Å². The topological polar surface area (TPSA) is 58.2 Å². The van der Waals surface area contributed by atoms with Gasteiger partial charge in [0.15, 0.2) is 0 Å². The van der Waals surface area contributed by atoms with E-state index in [0.717, 1.165) is 11.1 Å². The number of halogens is 1. The second kappa shape index (κ2) is 6.83. The maximum atomic E-state index is 13.2. The lowest BCUT2D eigenvalue weighted by atomic mass is 9.90. The van der Waals surface area contributed by atoms with E-state index in [0.29, 0.717) is 11.4 Å². The van der Waals surface area contributed by atoms with Gasteiger partial charge in [-0.15, -0.1) is 0 Å². The van der Waals surface area contributed by atoms with Crippen LogP contribution in [0.15, 0.2) is 42.5 Å². The van der Waals surface area contributed by atoms with Crippen LogP contribution in [0.3, 0.4) is 0 Å². The fraction of sp³-hybridized carbons (Fsp3) is 0.263. The summed E-state index contributed by atoms with van der Waals surface area (Å²) in [5, 5.41) is 5.32. The van der Waals surface area contributed by atoms with Crippen LogP contribution < -0.4 is 10.6 Å². The zero-order chi connectivity index (χ0) is 17.9. The van der Waals surface area contributed by atoms with Gasteiger partial charge in [0.2, 0.25) is 11.8 Å². The molecule has 0 aliphatic carbocycles. The molecule has 0 aromatic heterocycles. The monoisotopic (exact) mass is 328 g/mol. The number of hydrogen-bond donors (Lipinski definition) is 2. The van der Waals surface area contributed by atoms with Crippen LogP contribution in [0, 0.1) is 25.1 Å². The first kappa shape index (κ1) is 17.7. The number of rotatable bonds is 4. The number of aryl methyl sites for hydroxylation is 2. The molecule has 2 aromatic carbocycles. The SMILES string of the molecule is Cc1ccc(NC(=O)C(C)(C)C(=O)Nc2cccc(F)c2)cc1C. The Bertz CT molecular complexity index is 785. The Balaban J connectivity index is 2.11. The molecule has 0 saturated carbocycles. The van der Waals surface area contributed by atoms with Crippen molar-refractivity contribution < 1.29 is 14.0 Å². The molecular weight excluding hydrogens is 307 g/mol. The quantitative estimate of drug-likeness (QED) is 0.832. The highest BCUT2D eigenvalue weighted by atomic mass is 19.1. The maximum Gasteiger partial charge on any atom is 0.239 e. The van der Waals surface area contributed by atoms with Gasteiger partial charge < -0.3 is 10.6 Å². The van der Waals surface area contributed by atoms with E-state index in [2.05, 4.69) is 10.6 Å². The third-order valence-electron chi connectivity index (χ3n) is 3.98. The molecule has 0 heterocycles. The number of carbonyl (C=O) groups excluding carboxylic acids is 2. The first-order valence-corrected chi connectivity index (χ1v) is 7.66. The van der Waals surface area contributed by atoms with E-state index in [9.17, 15) is 14.0 Å². The van der Waals surface area contributed by atoms with Crippen molar-refractivity contribution in [2.24, 2.45) is 5.41 Å². The van der Waals surface area contributed by atoms with Crippen molar-refractivity contribution >= 4 is 23.2 Å². The fourth-order valence-corrected chi connectivity index (χ4v) is 2.06. The molecule has 0 aliphatic heterocycles. The van der Waals surface area contributed by atoms with Crippen molar-refractivity contribution in [3.8, 4) is 0 Å². The first-order valence-electron chi connectivity index (χ1n) is 7.66. The van der Waals surface area contributed by atoms with Crippen LogP contribution in [0.5, 0.6) is 0 Å². The Kier molecular flexibility index (Phi) is 5.02. The Morgan fingerprint density at radius 1 is 0.875 bits per heavy atom. The normalized spacial score (nSPS) is 11.0. The summed E-state index contributed by atoms with van der Waals surface area (Å²) in [6, 6.07) is 11.1. The predicted octanol–water partition coefficient (Wildman–Crippen LogP) is 4.05. The van der Waals surface area contributed by atoms with Crippen molar-refractivity contribution in [3.63, 3.8) is 0 Å². The van der Waals surface area contributed by atoms with Gasteiger partial charge in [-0.2, -0.15) is 0 Å². The Labute approximate surface area is 141 Å². The smallest absolute Gasteiger partial charge is 0.239 e. The summed E-state index contributed by atoms with van der Waals surface area (Å²) in [7, 11) is 0. The molecule has 0 saturated heterocycles. The van der Waals surface area contributed by atoms with Crippen molar-refractivity contribution in [1.82, 2.24) is 0 Å². The highest BCUT2D eigenvalue weighted by Gasteiger charge is 2.36. The molecule has 2 amide bonds. The Morgan fingerprint density at radius 3 is 2.00 bits per heavy atom. The van der Waals surface area contributed by atoms with E-state index in [4.69, 9.17) is 0 Å². The zero-order valence-electron chi connectivity index (χ0n) is 14.2. The van der Waals surface area contributed by atoms with Crippen molar-refractivity contribution in [1.29, 1.82) is 0 Å². The van der Waals surface area contributed by atoms with Gasteiger partial charge in [-0.25, -0.2) is 4.39 Å². The molecule has 0 bridgehead atoms. The molecule has 0 fully saturated rings. The van der Waals surface area contributed by atoms with Gasteiger partial charge in [0.1, 0.15) is 11.2 Å². The predicted molar refractivity (Wildman–Crippen MR) is 93.4 cm³/mol. The molecule has 0 unspecified atom stereocenters. The van der Waals surface area contributed by atoms with Crippen LogP contribution >= 0.6 is 0 Å². The van der Waals surface area contributed by atoms with Crippen LogP contribution in [0.2, 0.25) is 0 Å². The van der Waals surface area contributed by atoms with E-state index in [1.807, 2.05) is 26.0 Å². The maximum absolute atomic E-state index is 13.2. The van der Waals surface area contributed by atoms with Crippen molar-refractivity contribution in [3.05, 3.63) is 59.4 Å². The molecular formula is C19H21FN2O2. The number of carbonyl (C=O) groups is 2. The first-order chi connectivity index (χ1) is 11.2. The summed E-state index contributed by atoms with van der Waals surface area (Å²) in [5.41, 5.74) is 1.80. The van der Waals surface area contributed by atoms with Gasteiger partial charge in [-0.3, -0.25) is 9.59 Å². The third kappa shape index (κ3) is 3.98. The van der Waals surface area contributed by atoms with Gasteiger partial charge in [0, 0.05) is 11.4 Å². The van der Waals surface area contributed by atoms with Crippen LogP contribution in [-0.2, 0) is 9.59 Å². The van der Waals surface area contributed by atoms with E-state index < -0.39 is 23.0 Å². The molecule has 2 aromatic rings. The summed E-state index contributed by atoms with van der Waals surface area (Å²) in [6.45, 7) is 6.99. The molecule has 126 valence electrons. The molecule has 2 N–H and O–H groups in total. The van der Waals surface area contributed by atoms with Gasteiger partial charge in [-0.1, -0.05) is 12.1 Å². The number of benzene rings is 2. The molecule has 0 aliphatic rings. The Morgan fingerprint density at radius 2 is 1.46 bits per heavy atom. The van der Waals surface area contributed by atoms with Crippen LogP contribution in [-0.4, -0.2) is 11.8 Å². The van der Waals surface area contributed by atoms with Gasteiger partial charge in [-0.05, 0) is 69.2 Å². The lowest BCUT2D eigenvalue weighted by Gasteiger charge is -2.23. The third-order valence-corrected chi connectivity index (χ3v) is 3.98. The minimum absolute atomic E-state index is 0.312. The highest BCUT2D eigenvalue weighted by Crippen LogP contribution is 2.23. The highest BCUT2D eigenvalue weighted by molar-refractivity contribution is 6.14. The number of anilines is 2. The van der Waals surface area contributed by atoms with Gasteiger partial charge >= 0.3 is 0 Å². The largest absolute Gasteiger partial charge is 0.325 e.